The van der Waals surface area contributed by atoms with Crippen molar-refractivity contribution in [1.29, 1.82) is 0 Å². The number of nitrogens with zero attached hydrogens (tertiary/aromatic N) is 1. The molecule has 0 aromatic heterocycles. The normalized spacial score (nSPS) is 10.2. The quantitative estimate of drug-likeness (QED) is 0.718. The summed E-state index contributed by atoms with van der Waals surface area (Å²) in [5.41, 5.74) is 1.85. The van der Waals surface area contributed by atoms with Crippen molar-refractivity contribution < 1.29 is 9.53 Å². The molecule has 0 fully saturated rings. The molecular formula is C17H18INO2. The molecule has 0 atom stereocenters. The Labute approximate surface area is 139 Å². The third-order valence-corrected chi connectivity index (χ3v) is 4.25. The highest BCUT2D eigenvalue weighted by atomic mass is 127. The molecule has 0 aliphatic carbocycles. The molecule has 2 aromatic carbocycles. The van der Waals surface area contributed by atoms with Gasteiger partial charge in [-0.2, -0.15) is 0 Å². The molecule has 0 bridgehead atoms. The maximum atomic E-state index is 12.6. The molecule has 0 N–H and O–H groups in total. The molecule has 0 radical (unpaired) electrons. The predicted molar refractivity (Wildman–Crippen MR) is 92.6 cm³/mol. The lowest BCUT2D eigenvalue weighted by molar-refractivity contribution is 0.0751. The molecule has 0 aliphatic heterocycles. The molecule has 2 rings (SSSR count). The minimum Gasteiger partial charge on any atom is -0.497 e. The SMILES string of the molecule is CCN(Cc1ccc(OC)cc1)C(=O)c1ccccc1I. The van der Waals surface area contributed by atoms with Crippen LogP contribution in [0.25, 0.3) is 0 Å². The Morgan fingerprint density at radius 1 is 1.14 bits per heavy atom. The van der Waals surface area contributed by atoms with Gasteiger partial charge >= 0.3 is 0 Å². The van der Waals surface area contributed by atoms with Crippen LogP contribution in [0.5, 0.6) is 5.75 Å². The highest BCUT2D eigenvalue weighted by Gasteiger charge is 2.16. The second kappa shape index (κ2) is 7.45. The van der Waals surface area contributed by atoms with Crippen LogP contribution in [-0.2, 0) is 6.54 Å². The number of hydrogen-bond acceptors (Lipinski definition) is 2. The van der Waals surface area contributed by atoms with Gasteiger partial charge in [0.2, 0.25) is 0 Å². The van der Waals surface area contributed by atoms with Gasteiger partial charge in [0.05, 0.1) is 12.7 Å². The summed E-state index contributed by atoms with van der Waals surface area (Å²) in [7, 11) is 1.65. The van der Waals surface area contributed by atoms with Gasteiger partial charge < -0.3 is 9.64 Å². The first-order valence-corrected chi connectivity index (χ1v) is 7.90. The van der Waals surface area contributed by atoms with Gasteiger partial charge in [0.25, 0.3) is 5.91 Å². The highest BCUT2D eigenvalue weighted by molar-refractivity contribution is 14.1. The topological polar surface area (TPSA) is 29.5 Å². The maximum absolute atomic E-state index is 12.6. The average molecular weight is 395 g/mol. The van der Waals surface area contributed by atoms with Crippen molar-refractivity contribution in [2.75, 3.05) is 13.7 Å². The van der Waals surface area contributed by atoms with Crippen molar-refractivity contribution in [3.8, 4) is 5.75 Å². The Kier molecular flexibility index (Phi) is 5.61. The van der Waals surface area contributed by atoms with E-state index in [-0.39, 0.29) is 5.91 Å². The summed E-state index contributed by atoms with van der Waals surface area (Å²) in [4.78, 5) is 14.5. The Morgan fingerprint density at radius 3 is 2.38 bits per heavy atom. The van der Waals surface area contributed by atoms with Gasteiger partial charge in [0.15, 0.2) is 0 Å². The summed E-state index contributed by atoms with van der Waals surface area (Å²) >= 11 is 2.20. The first-order valence-electron chi connectivity index (χ1n) is 6.82. The standard InChI is InChI=1S/C17H18INO2/c1-3-19(12-13-8-10-14(21-2)11-9-13)17(20)15-6-4-5-7-16(15)18/h4-11H,3,12H2,1-2H3. The monoisotopic (exact) mass is 395 g/mol. The lowest BCUT2D eigenvalue weighted by Crippen LogP contribution is -2.30. The van der Waals surface area contributed by atoms with Crippen molar-refractivity contribution in [1.82, 2.24) is 4.90 Å². The van der Waals surface area contributed by atoms with E-state index < -0.39 is 0 Å². The summed E-state index contributed by atoms with van der Waals surface area (Å²) in [6.45, 7) is 3.28. The summed E-state index contributed by atoms with van der Waals surface area (Å²) in [5.74, 6) is 0.893. The molecule has 1 amide bonds. The number of carbonyl (C=O) groups excluding carboxylic acids is 1. The van der Waals surface area contributed by atoms with Crippen LogP contribution in [0, 0.1) is 3.57 Å². The zero-order valence-electron chi connectivity index (χ0n) is 12.2. The van der Waals surface area contributed by atoms with Crippen molar-refractivity contribution >= 4 is 28.5 Å². The minimum absolute atomic E-state index is 0.0679. The van der Waals surface area contributed by atoms with E-state index in [1.54, 1.807) is 7.11 Å². The summed E-state index contributed by atoms with van der Waals surface area (Å²) in [5, 5.41) is 0. The van der Waals surface area contributed by atoms with Gasteiger partial charge in [0, 0.05) is 16.7 Å². The van der Waals surface area contributed by atoms with Gasteiger partial charge in [-0.1, -0.05) is 24.3 Å². The predicted octanol–water partition coefficient (Wildman–Crippen LogP) is 3.96. The second-order valence-corrected chi connectivity index (χ2v) is 5.81. The number of benzene rings is 2. The fraction of sp³-hybridized carbons (Fsp3) is 0.235. The Balaban J connectivity index is 2.15. The van der Waals surface area contributed by atoms with Crippen LogP contribution in [0.2, 0.25) is 0 Å². The average Bonchev–Trinajstić information content (AvgIpc) is 2.53. The minimum atomic E-state index is 0.0679. The van der Waals surface area contributed by atoms with Crippen molar-refractivity contribution in [3.63, 3.8) is 0 Å². The van der Waals surface area contributed by atoms with Crippen LogP contribution in [0.3, 0.4) is 0 Å². The zero-order chi connectivity index (χ0) is 15.2. The van der Waals surface area contributed by atoms with Crippen molar-refractivity contribution in [2.45, 2.75) is 13.5 Å². The van der Waals surface area contributed by atoms with Crippen LogP contribution < -0.4 is 4.74 Å². The second-order valence-electron chi connectivity index (χ2n) is 4.65. The molecule has 2 aromatic rings. The molecule has 110 valence electrons. The number of ether oxygens (including phenoxy) is 1. The molecule has 0 unspecified atom stereocenters. The smallest absolute Gasteiger partial charge is 0.255 e. The molecule has 0 aliphatic rings. The van der Waals surface area contributed by atoms with E-state index >= 15 is 0 Å². The third-order valence-electron chi connectivity index (χ3n) is 3.31. The van der Waals surface area contributed by atoms with E-state index in [2.05, 4.69) is 22.6 Å². The van der Waals surface area contributed by atoms with E-state index in [9.17, 15) is 4.79 Å². The van der Waals surface area contributed by atoms with Gasteiger partial charge in [-0.15, -0.1) is 0 Å². The van der Waals surface area contributed by atoms with E-state index in [0.29, 0.717) is 13.1 Å². The number of carbonyl (C=O) groups is 1. The van der Waals surface area contributed by atoms with Crippen LogP contribution >= 0.6 is 22.6 Å². The Bertz CT molecular complexity index is 610. The van der Waals surface area contributed by atoms with Gasteiger partial charge in [-0.05, 0) is 59.3 Å². The first-order chi connectivity index (χ1) is 10.2. The highest BCUT2D eigenvalue weighted by Crippen LogP contribution is 2.17. The molecule has 21 heavy (non-hydrogen) atoms. The molecule has 0 saturated heterocycles. The molecule has 0 saturated carbocycles. The summed E-state index contributed by atoms with van der Waals surface area (Å²) in [6, 6.07) is 15.5. The number of methoxy groups -OCH3 is 1. The van der Waals surface area contributed by atoms with Crippen LogP contribution in [0.4, 0.5) is 0 Å². The largest absolute Gasteiger partial charge is 0.497 e. The van der Waals surface area contributed by atoms with E-state index in [4.69, 9.17) is 4.74 Å². The Hall–Kier alpha value is -1.56. The first kappa shape index (κ1) is 15.8. The molecule has 4 heteroatoms. The molecule has 0 heterocycles. The van der Waals surface area contributed by atoms with Gasteiger partial charge in [0.1, 0.15) is 5.75 Å². The van der Waals surface area contributed by atoms with Crippen molar-refractivity contribution in [3.05, 3.63) is 63.2 Å². The van der Waals surface area contributed by atoms with E-state index in [0.717, 1.165) is 20.4 Å². The molecule has 3 nitrogen and oxygen atoms in total. The summed E-state index contributed by atoms with van der Waals surface area (Å²) < 4.78 is 6.13. The fourth-order valence-corrected chi connectivity index (χ4v) is 2.70. The number of halogens is 1. The summed E-state index contributed by atoms with van der Waals surface area (Å²) in [6.07, 6.45) is 0. The number of hydrogen-bond donors (Lipinski definition) is 0. The van der Waals surface area contributed by atoms with Crippen molar-refractivity contribution in [2.24, 2.45) is 0 Å². The van der Waals surface area contributed by atoms with Gasteiger partial charge in [-0.25, -0.2) is 0 Å². The Morgan fingerprint density at radius 2 is 1.81 bits per heavy atom. The maximum Gasteiger partial charge on any atom is 0.255 e. The van der Waals surface area contributed by atoms with E-state index in [1.807, 2.05) is 60.4 Å². The molecular weight excluding hydrogens is 377 g/mol. The zero-order valence-corrected chi connectivity index (χ0v) is 14.3. The number of amides is 1. The van der Waals surface area contributed by atoms with Gasteiger partial charge in [-0.3, -0.25) is 4.79 Å². The van der Waals surface area contributed by atoms with Crippen LogP contribution in [0.15, 0.2) is 48.5 Å². The third kappa shape index (κ3) is 3.97. The van der Waals surface area contributed by atoms with Crippen LogP contribution in [0.1, 0.15) is 22.8 Å². The fourth-order valence-electron chi connectivity index (χ4n) is 2.08. The number of rotatable bonds is 5. The van der Waals surface area contributed by atoms with Crippen LogP contribution in [-0.4, -0.2) is 24.5 Å². The lowest BCUT2D eigenvalue weighted by Gasteiger charge is -2.21. The molecule has 0 spiro atoms. The van der Waals surface area contributed by atoms with E-state index in [1.165, 1.54) is 0 Å². The lowest BCUT2D eigenvalue weighted by atomic mass is 10.1.